The number of anilines is 1. The lowest BCUT2D eigenvalue weighted by Crippen LogP contribution is -2.33. The van der Waals surface area contributed by atoms with Crippen LogP contribution in [0.5, 0.6) is 11.6 Å². The van der Waals surface area contributed by atoms with Crippen LogP contribution in [0.25, 0.3) is 0 Å². The summed E-state index contributed by atoms with van der Waals surface area (Å²) in [6.45, 7) is 0.775. The van der Waals surface area contributed by atoms with Crippen molar-refractivity contribution in [3.63, 3.8) is 0 Å². The Morgan fingerprint density at radius 2 is 2.17 bits per heavy atom. The van der Waals surface area contributed by atoms with E-state index in [9.17, 15) is 19.3 Å². The van der Waals surface area contributed by atoms with E-state index < -0.39 is 22.0 Å². The average molecular weight is 419 g/mol. The van der Waals surface area contributed by atoms with Crippen molar-refractivity contribution in [2.45, 2.75) is 13.0 Å². The van der Waals surface area contributed by atoms with Crippen LogP contribution in [-0.4, -0.2) is 31.6 Å². The minimum absolute atomic E-state index is 0.0240. The Hall–Kier alpha value is -3.60. The van der Waals surface area contributed by atoms with E-state index in [1.165, 1.54) is 18.6 Å². The van der Waals surface area contributed by atoms with Gasteiger partial charge in [-0.05, 0) is 18.6 Å². The van der Waals surface area contributed by atoms with Gasteiger partial charge in [0, 0.05) is 12.1 Å². The summed E-state index contributed by atoms with van der Waals surface area (Å²) in [6, 6.07) is 3.03. The van der Waals surface area contributed by atoms with Crippen molar-refractivity contribution in [1.29, 1.82) is 0 Å². The average Bonchev–Trinajstić information content (AvgIpc) is 2.71. The van der Waals surface area contributed by atoms with Crippen LogP contribution in [0.2, 0.25) is 5.02 Å². The van der Waals surface area contributed by atoms with Gasteiger partial charge in [0.15, 0.2) is 0 Å². The van der Waals surface area contributed by atoms with Crippen LogP contribution in [0.1, 0.15) is 11.3 Å². The van der Waals surface area contributed by atoms with Gasteiger partial charge in [-0.2, -0.15) is 5.10 Å². The monoisotopic (exact) mass is 418 g/mol. The number of benzene rings is 1. The molecular formula is C17H12ClFN6O4. The first-order chi connectivity index (χ1) is 13.9. The van der Waals surface area contributed by atoms with Crippen LogP contribution in [0.3, 0.4) is 0 Å². The third kappa shape index (κ3) is 3.59. The Labute approximate surface area is 167 Å². The molecule has 0 bridgehead atoms. The Morgan fingerprint density at radius 1 is 1.34 bits per heavy atom. The molecule has 0 saturated carbocycles. The highest BCUT2D eigenvalue weighted by Crippen LogP contribution is 2.35. The molecule has 0 spiro atoms. The van der Waals surface area contributed by atoms with E-state index in [2.05, 4.69) is 20.2 Å². The van der Waals surface area contributed by atoms with E-state index >= 15 is 0 Å². The summed E-state index contributed by atoms with van der Waals surface area (Å²) >= 11 is 6.07. The molecule has 1 aliphatic rings. The maximum absolute atomic E-state index is 13.4. The fourth-order valence-corrected chi connectivity index (χ4v) is 3.25. The topological polar surface area (TPSA) is 127 Å². The molecule has 0 unspecified atom stereocenters. The highest BCUT2D eigenvalue weighted by atomic mass is 35.5. The number of nitrogens with zero attached hydrogens (tertiary/aromatic N) is 5. The smallest absolute Gasteiger partial charge is 0.314 e. The van der Waals surface area contributed by atoms with Gasteiger partial charge in [0.05, 0.1) is 35.1 Å². The zero-order valence-corrected chi connectivity index (χ0v) is 15.4. The van der Waals surface area contributed by atoms with Crippen molar-refractivity contribution in [2.24, 2.45) is 0 Å². The summed E-state index contributed by atoms with van der Waals surface area (Å²) in [6.07, 6.45) is 3.16. The zero-order chi connectivity index (χ0) is 20.5. The van der Waals surface area contributed by atoms with Gasteiger partial charge in [0.2, 0.25) is 11.6 Å². The van der Waals surface area contributed by atoms with Gasteiger partial charge in [-0.25, -0.2) is 19.5 Å². The van der Waals surface area contributed by atoms with Crippen LogP contribution in [0, 0.1) is 15.9 Å². The first kappa shape index (κ1) is 18.7. The molecule has 1 aliphatic heterocycles. The van der Waals surface area contributed by atoms with Crippen molar-refractivity contribution >= 4 is 23.0 Å². The molecule has 0 atom stereocenters. The first-order valence-electron chi connectivity index (χ1n) is 8.36. The zero-order valence-electron chi connectivity index (χ0n) is 14.6. The molecule has 0 saturated heterocycles. The van der Waals surface area contributed by atoms with Gasteiger partial charge in [-0.1, -0.05) is 11.6 Å². The number of aromatic amines is 1. The second-order valence-corrected chi connectivity index (χ2v) is 6.52. The van der Waals surface area contributed by atoms with Gasteiger partial charge >= 0.3 is 5.69 Å². The molecule has 0 radical (unpaired) electrons. The second-order valence-electron chi connectivity index (χ2n) is 6.15. The summed E-state index contributed by atoms with van der Waals surface area (Å²) < 4.78 is 19.0. The lowest BCUT2D eigenvalue weighted by molar-refractivity contribution is -0.385. The molecule has 3 heterocycles. The van der Waals surface area contributed by atoms with Crippen LogP contribution in [0.15, 0.2) is 35.5 Å². The van der Waals surface area contributed by atoms with Gasteiger partial charge < -0.3 is 9.64 Å². The fourth-order valence-electron chi connectivity index (χ4n) is 3.04. The van der Waals surface area contributed by atoms with Crippen molar-refractivity contribution in [3.8, 4) is 11.6 Å². The van der Waals surface area contributed by atoms with Crippen molar-refractivity contribution in [2.75, 3.05) is 11.4 Å². The number of hydrogen-bond acceptors (Lipinski definition) is 8. The number of nitro benzene ring substituents is 1. The molecule has 12 heteroatoms. The Bertz CT molecular complexity index is 1170. The van der Waals surface area contributed by atoms with Crippen LogP contribution < -0.4 is 15.2 Å². The number of aromatic nitrogens is 4. The number of rotatable bonds is 4. The molecule has 0 aliphatic carbocycles. The molecule has 29 heavy (non-hydrogen) atoms. The third-order valence-corrected chi connectivity index (χ3v) is 4.77. The normalized spacial score (nSPS) is 13.1. The minimum atomic E-state index is -0.743. The molecule has 10 nitrogen and oxygen atoms in total. The Kier molecular flexibility index (Phi) is 4.80. The number of halogens is 2. The van der Waals surface area contributed by atoms with Gasteiger partial charge in [0.1, 0.15) is 17.2 Å². The van der Waals surface area contributed by atoms with E-state index in [1.54, 1.807) is 0 Å². The summed E-state index contributed by atoms with van der Waals surface area (Å²) in [5.41, 5.74) is 0.747. The molecule has 4 rings (SSSR count). The van der Waals surface area contributed by atoms with Gasteiger partial charge in [-0.15, -0.1) is 0 Å². The number of fused-ring (bicyclic) bond motifs is 1. The molecule has 1 N–H and O–H groups in total. The molecule has 0 fully saturated rings. The molecular weight excluding hydrogens is 407 g/mol. The molecule has 0 amide bonds. The number of nitrogens with one attached hydrogen (secondary N) is 1. The van der Waals surface area contributed by atoms with Crippen LogP contribution in [-0.2, 0) is 13.0 Å². The summed E-state index contributed by atoms with van der Waals surface area (Å²) in [5.74, 6) is -0.714. The fraction of sp³-hybridized carbons (Fsp3) is 0.176. The first-order valence-corrected chi connectivity index (χ1v) is 8.74. The van der Waals surface area contributed by atoms with E-state index in [0.717, 1.165) is 12.1 Å². The number of H-pyrrole nitrogens is 1. The quantitative estimate of drug-likeness (QED) is 0.506. The standard InChI is InChI=1S/C17H12ClFN6O4/c18-15-13(6-22-23-16(15)26)24-4-3-10-11(7-24)20-8-21-17(10)29-14-2-1-9(19)5-12(14)25(27)28/h1-2,5-6,8H,3-4,7H2,(H,23,26). The summed E-state index contributed by atoms with van der Waals surface area (Å²) in [7, 11) is 0. The maximum atomic E-state index is 13.4. The van der Waals surface area contributed by atoms with Crippen molar-refractivity contribution in [3.05, 3.63) is 73.3 Å². The minimum Gasteiger partial charge on any atom is -0.431 e. The number of hydrogen-bond donors (Lipinski definition) is 1. The third-order valence-electron chi connectivity index (χ3n) is 4.41. The van der Waals surface area contributed by atoms with Crippen molar-refractivity contribution < 1.29 is 14.1 Å². The van der Waals surface area contributed by atoms with Gasteiger partial charge in [0.25, 0.3) is 5.56 Å². The van der Waals surface area contributed by atoms with Crippen LogP contribution in [0.4, 0.5) is 15.8 Å². The van der Waals surface area contributed by atoms with E-state index in [1.807, 2.05) is 4.90 Å². The van der Waals surface area contributed by atoms with E-state index in [4.69, 9.17) is 16.3 Å². The largest absolute Gasteiger partial charge is 0.431 e. The number of ether oxygens (including phenoxy) is 1. The summed E-state index contributed by atoms with van der Waals surface area (Å²) in [5, 5.41) is 17.2. The van der Waals surface area contributed by atoms with E-state index in [0.29, 0.717) is 36.5 Å². The SMILES string of the molecule is O=c1[nH]ncc(N2CCc3c(ncnc3Oc3ccc(F)cc3[N+](=O)[O-])C2)c1Cl. The Morgan fingerprint density at radius 3 is 2.97 bits per heavy atom. The van der Waals surface area contributed by atoms with Crippen LogP contribution >= 0.6 is 11.6 Å². The highest BCUT2D eigenvalue weighted by Gasteiger charge is 2.26. The predicted octanol–water partition coefficient (Wildman–Crippen LogP) is 2.62. The lowest BCUT2D eigenvalue weighted by atomic mass is 10.1. The lowest BCUT2D eigenvalue weighted by Gasteiger charge is -2.30. The summed E-state index contributed by atoms with van der Waals surface area (Å²) in [4.78, 5) is 32.3. The number of nitro groups is 1. The van der Waals surface area contributed by atoms with E-state index in [-0.39, 0.29) is 16.7 Å². The predicted molar refractivity (Wildman–Crippen MR) is 99.8 cm³/mol. The Balaban J connectivity index is 1.65. The molecule has 3 aromatic rings. The molecule has 1 aromatic carbocycles. The second kappa shape index (κ2) is 7.43. The maximum Gasteiger partial charge on any atom is 0.314 e. The highest BCUT2D eigenvalue weighted by molar-refractivity contribution is 6.33. The molecule has 148 valence electrons. The van der Waals surface area contributed by atoms with Crippen molar-refractivity contribution in [1.82, 2.24) is 20.2 Å². The molecule has 2 aromatic heterocycles. The van der Waals surface area contributed by atoms with Gasteiger partial charge in [-0.3, -0.25) is 14.9 Å².